The second-order valence-corrected chi connectivity index (χ2v) is 10.6. The number of anilines is 1. The number of esters is 1. The summed E-state index contributed by atoms with van der Waals surface area (Å²) in [5.74, 6) is -1.11. The summed E-state index contributed by atoms with van der Waals surface area (Å²) in [6.07, 6.45) is -1.30. The Kier molecular flexibility index (Phi) is 8.60. The van der Waals surface area contributed by atoms with E-state index in [-0.39, 0.29) is 28.1 Å². The van der Waals surface area contributed by atoms with Gasteiger partial charge in [-0.05, 0) is 35.9 Å². The number of thiophene rings is 1. The molecule has 3 aromatic carbocycles. The number of thioether (sulfide) groups is 1. The van der Waals surface area contributed by atoms with Gasteiger partial charge in [0, 0.05) is 29.3 Å². The van der Waals surface area contributed by atoms with Gasteiger partial charge < -0.3 is 19.9 Å². The highest BCUT2D eigenvalue weighted by Gasteiger charge is 2.20. The highest BCUT2D eigenvalue weighted by molar-refractivity contribution is 7.99. The Balaban J connectivity index is 1.47. The van der Waals surface area contributed by atoms with Crippen LogP contribution in [0.5, 0.6) is 0 Å². The van der Waals surface area contributed by atoms with Crippen molar-refractivity contribution in [1.29, 1.82) is 0 Å². The minimum absolute atomic E-state index is 0.0771. The Morgan fingerprint density at radius 3 is 2.44 bits per heavy atom. The molecule has 1 atom stereocenters. The number of aliphatic hydroxyl groups is 1. The quantitative estimate of drug-likeness (QED) is 0.104. The first-order valence-electron chi connectivity index (χ1n) is 12.4. The van der Waals surface area contributed by atoms with Crippen molar-refractivity contribution >= 4 is 50.9 Å². The molecule has 0 radical (unpaired) electrons. The SMILES string of the molecule is COC(=O)c1cc(NC(=O)CSc2nc3scc(-c4ccccc4)c3c(=O)n2-c2ccccc2)cc(C(O)OC)c1. The van der Waals surface area contributed by atoms with Crippen molar-refractivity contribution in [3.05, 3.63) is 106 Å². The summed E-state index contributed by atoms with van der Waals surface area (Å²) in [5, 5.41) is 15.7. The standard InChI is InChI=1S/C30H25N3O6S2/c1-38-28(36)19-13-20(29(37)39-2)15-21(14-19)31-24(34)17-41-30-32-26-25(23(16-40-26)18-9-5-3-6-10-18)27(35)33(30)22-11-7-4-8-12-22/h3-16,28,36H,17H2,1-2H3,(H,31,34). The average Bonchev–Trinajstić information content (AvgIpc) is 3.44. The van der Waals surface area contributed by atoms with Crippen LogP contribution in [0, 0.1) is 0 Å². The fourth-order valence-electron chi connectivity index (χ4n) is 4.27. The van der Waals surface area contributed by atoms with Gasteiger partial charge in [0.2, 0.25) is 5.91 Å². The van der Waals surface area contributed by atoms with Gasteiger partial charge in [-0.1, -0.05) is 60.3 Å². The van der Waals surface area contributed by atoms with Gasteiger partial charge in [0.25, 0.3) is 5.56 Å². The highest BCUT2D eigenvalue weighted by atomic mass is 32.2. The normalized spacial score (nSPS) is 11.8. The first-order chi connectivity index (χ1) is 19.9. The first kappa shape index (κ1) is 28.2. The number of nitrogens with one attached hydrogen (secondary N) is 1. The average molecular weight is 588 g/mol. The third-order valence-corrected chi connectivity index (χ3v) is 7.99. The lowest BCUT2D eigenvalue weighted by atomic mass is 10.1. The molecule has 1 amide bonds. The summed E-state index contributed by atoms with van der Waals surface area (Å²) in [5.41, 5.74) is 2.82. The van der Waals surface area contributed by atoms with Crippen molar-refractivity contribution in [3.8, 4) is 16.8 Å². The second kappa shape index (κ2) is 12.5. The maximum absolute atomic E-state index is 13.9. The van der Waals surface area contributed by atoms with E-state index in [2.05, 4.69) is 5.32 Å². The zero-order chi connectivity index (χ0) is 28.9. The molecule has 0 bridgehead atoms. The number of methoxy groups -OCH3 is 2. The number of carbonyl (C=O) groups excluding carboxylic acids is 2. The molecule has 2 heterocycles. The molecule has 5 rings (SSSR count). The second-order valence-electron chi connectivity index (χ2n) is 8.83. The number of aromatic nitrogens is 2. The summed E-state index contributed by atoms with van der Waals surface area (Å²) in [7, 11) is 2.56. The summed E-state index contributed by atoms with van der Waals surface area (Å²) in [6.45, 7) is 0. The molecule has 5 aromatic rings. The summed E-state index contributed by atoms with van der Waals surface area (Å²) in [6, 6.07) is 23.2. The van der Waals surface area contributed by atoms with Gasteiger partial charge >= 0.3 is 5.97 Å². The third-order valence-electron chi connectivity index (χ3n) is 6.18. The maximum Gasteiger partial charge on any atom is 0.337 e. The lowest BCUT2D eigenvalue weighted by Crippen LogP contribution is -2.22. The van der Waals surface area contributed by atoms with Crippen LogP contribution in [0.2, 0.25) is 0 Å². The molecular weight excluding hydrogens is 562 g/mol. The van der Waals surface area contributed by atoms with Crippen LogP contribution in [-0.4, -0.2) is 46.5 Å². The number of benzene rings is 3. The van der Waals surface area contributed by atoms with E-state index in [4.69, 9.17) is 14.5 Å². The third kappa shape index (κ3) is 6.08. The summed E-state index contributed by atoms with van der Waals surface area (Å²) in [4.78, 5) is 44.4. The van der Waals surface area contributed by atoms with Crippen molar-refractivity contribution in [2.24, 2.45) is 0 Å². The first-order valence-corrected chi connectivity index (χ1v) is 14.3. The van der Waals surface area contributed by atoms with Crippen molar-refractivity contribution < 1.29 is 24.2 Å². The van der Waals surface area contributed by atoms with Gasteiger partial charge in [0.05, 0.1) is 29.5 Å². The fraction of sp³-hybridized carbons (Fsp3) is 0.133. The number of hydrogen-bond acceptors (Lipinski definition) is 9. The molecule has 0 aliphatic rings. The number of nitrogens with zero attached hydrogens (tertiary/aromatic N) is 2. The molecule has 9 nitrogen and oxygen atoms in total. The van der Waals surface area contributed by atoms with E-state index in [9.17, 15) is 19.5 Å². The number of hydrogen-bond donors (Lipinski definition) is 2. The van der Waals surface area contributed by atoms with Gasteiger partial charge in [0.1, 0.15) is 4.83 Å². The van der Waals surface area contributed by atoms with Gasteiger partial charge in [-0.2, -0.15) is 0 Å². The number of para-hydroxylation sites is 1. The number of fused-ring (bicyclic) bond motifs is 1. The molecule has 0 saturated carbocycles. The predicted octanol–water partition coefficient (Wildman–Crippen LogP) is 5.27. The largest absolute Gasteiger partial charge is 0.465 e. The van der Waals surface area contributed by atoms with E-state index in [0.717, 1.165) is 22.9 Å². The van der Waals surface area contributed by atoms with E-state index in [0.29, 0.717) is 21.1 Å². The number of amides is 1. The Bertz CT molecular complexity index is 1770. The maximum atomic E-state index is 13.9. The highest BCUT2D eigenvalue weighted by Crippen LogP contribution is 2.33. The van der Waals surface area contributed by atoms with E-state index < -0.39 is 18.2 Å². The molecule has 41 heavy (non-hydrogen) atoms. The van der Waals surface area contributed by atoms with Crippen LogP contribution in [0.25, 0.3) is 27.0 Å². The van der Waals surface area contributed by atoms with Crippen LogP contribution in [0.15, 0.2) is 94.2 Å². The molecule has 0 spiro atoms. The van der Waals surface area contributed by atoms with Crippen molar-refractivity contribution in [2.45, 2.75) is 11.4 Å². The van der Waals surface area contributed by atoms with E-state index in [1.54, 1.807) is 0 Å². The Labute approximate surface area is 243 Å². The molecule has 0 fully saturated rings. The number of aliphatic hydroxyl groups excluding tert-OH is 1. The number of carbonyl (C=O) groups is 2. The van der Waals surface area contributed by atoms with Gasteiger partial charge in [-0.15, -0.1) is 11.3 Å². The summed E-state index contributed by atoms with van der Waals surface area (Å²) >= 11 is 2.49. The van der Waals surface area contributed by atoms with Crippen LogP contribution < -0.4 is 10.9 Å². The van der Waals surface area contributed by atoms with Crippen molar-refractivity contribution in [1.82, 2.24) is 9.55 Å². The molecule has 0 saturated heterocycles. The summed E-state index contributed by atoms with van der Waals surface area (Å²) < 4.78 is 11.3. The van der Waals surface area contributed by atoms with Crippen LogP contribution in [-0.2, 0) is 14.3 Å². The van der Waals surface area contributed by atoms with Crippen LogP contribution in [0.3, 0.4) is 0 Å². The number of ether oxygens (including phenoxy) is 2. The van der Waals surface area contributed by atoms with Crippen molar-refractivity contribution in [3.63, 3.8) is 0 Å². The molecule has 0 aliphatic heterocycles. The molecule has 2 N–H and O–H groups in total. The zero-order valence-electron chi connectivity index (χ0n) is 22.1. The Hall–Kier alpha value is -4.29. The van der Waals surface area contributed by atoms with E-state index >= 15 is 0 Å². The van der Waals surface area contributed by atoms with Gasteiger partial charge in [-0.3, -0.25) is 14.2 Å². The number of rotatable bonds is 9. The minimum atomic E-state index is -1.30. The Morgan fingerprint density at radius 1 is 1.05 bits per heavy atom. The van der Waals surface area contributed by atoms with Crippen LogP contribution >= 0.6 is 23.1 Å². The van der Waals surface area contributed by atoms with Crippen LogP contribution in [0.1, 0.15) is 22.2 Å². The zero-order valence-corrected chi connectivity index (χ0v) is 23.7. The fourth-order valence-corrected chi connectivity index (χ4v) is 6.07. The monoisotopic (exact) mass is 587 g/mol. The molecule has 1 unspecified atom stereocenters. The molecule has 0 aliphatic carbocycles. The lowest BCUT2D eigenvalue weighted by Gasteiger charge is -2.14. The lowest BCUT2D eigenvalue weighted by molar-refractivity contribution is -0.113. The molecule has 208 valence electrons. The van der Waals surface area contributed by atoms with Gasteiger partial charge in [0.15, 0.2) is 11.4 Å². The van der Waals surface area contributed by atoms with Crippen molar-refractivity contribution in [2.75, 3.05) is 25.3 Å². The van der Waals surface area contributed by atoms with E-state index in [1.807, 2.05) is 66.0 Å². The molecular formula is C30H25N3O6S2. The predicted molar refractivity (Wildman–Crippen MR) is 160 cm³/mol. The molecule has 11 heteroatoms. The van der Waals surface area contributed by atoms with Crippen LogP contribution in [0.4, 0.5) is 5.69 Å². The smallest absolute Gasteiger partial charge is 0.337 e. The molecule has 2 aromatic heterocycles. The minimum Gasteiger partial charge on any atom is -0.465 e. The topological polar surface area (TPSA) is 120 Å². The van der Waals surface area contributed by atoms with Gasteiger partial charge in [-0.25, -0.2) is 9.78 Å². The Morgan fingerprint density at radius 2 is 1.76 bits per heavy atom. The van der Waals surface area contributed by atoms with E-state index in [1.165, 1.54) is 48.3 Å².